The lowest BCUT2D eigenvalue weighted by Crippen LogP contribution is -2.48. The smallest absolute Gasteiger partial charge is 0.254 e. The number of aromatic nitrogens is 3. The van der Waals surface area contributed by atoms with E-state index >= 15 is 0 Å². The van der Waals surface area contributed by atoms with Crippen LogP contribution in [0.4, 0.5) is 20.3 Å². The molecule has 188 valence electrons. The number of nitrogens with zero attached hydrogens (tertiary/aromatic N) is 5. The molecule has 0 radical (unpaired) electrons. The van der Waals surface area contributed by atoms with Crippen molar-refractivity contribution in [1.29, 1.82) is 0 Å². The first-order chi connectivity index (χ1) is 17.8. The molecule has 2 aliphatic rings. The van der Waals surface area contributed by atoms with Gasteiger partial charge in [-0.15, -0.1) is 0 Å². The van der Waals surface area contributed by atoms with Crippen LogP contribution in [0.3, 0.4) is 0 Å². The van der Waals surface area contributed by atoms with E-state index in [1.807, 2.05) is 18.2 Å². The number of benzene rings is 2. The molecule has 8 nitrogen and oxygen atoms in total. The number of amides is 2. The van der Waals surface area contributed by atoms with E-state index in [1.165, 1.54) is 23.0 Å². The third-order valence-electron chi connectivity index (χ3n) is 6.91. The number of likely N-dealkylation sites (tertiary alicyclic amines) is 1. The Bertz CT molecular complexity index is 1580. The van der Waals surface area contributed by atoms with Crippen LogP contribution in [0, 0.1) is 11.6 Å². The van der Waals surface area contributed by atoms with E-state index in [1.54, 1.807) is 15.9 Å². The predicted molar refractivity (Wildman–Crippen MR) is 137 cm³/mol. The Morgan fingerprint density at radius 2 is 1.92 bits per heavy atom. The van der Waals surface area contributed by atoms with Gasteiger partial charge in [0.25, 0.3) is 5.91 Å². The Hall–Kier alpha value is -3.86. The van der Waals surface area contributed by atoms with Crippen molar-refractivity contribution in [2.75, 3.05) is 30.3 Å². The van der Waals surface area contributed by atoms with E-state index in [4.69, 9.17) is 5.73 Å². The van der Waals surface area contributed by atoms with E-state index in [-0.39, 0.29) is 41.0 Å². The Balaban J connectivity index is 1.28. The molecule has 2 aromatic carbocycles. The highest BCUT2D eigenvalue weighted by Crippen LogP contribution is 2.35. The summed E-state index contributed by atoms with van der Waals surface area (Å²) >= 11 is 3.45. The highest BCUT2D eigenvalue weighted by atomic mass is 79.9. The molecule has 0 spiro atoms. The number of carbonyl (C=O) groups excluding carboxylic acids is 2. The van der Waals surface area contributed by atoms with Crippen LogP contribution in [0.5, 0.6) is 0 Å². The van der Waals surface area contributed by atoms with Crippen LogP contribution in [0.15, 0.2) is 53.1 Å². The van der Waals surface area contributed by atoms with Gasteiger partial charge in [-0.1, -0.05) is 22.0 Å². The van der Waals surface area contributed by atoms with E-state index < -0.39 is 11.6 Å². The summed E-state index contributed by atoms with van der Waals surface area (Å²) in [5, 5.41) is 4.73. The molecule has 0 atom stereocenters. The second kappa shape index (κ2) is 8.91. The van der Waals surface area contributed by atoms with Gasteiger partial charge in [-0.25, -0.2) is 13.8 Å². The van der Waals surface area contributed by atoms with Crippen LogP contribution in [-0.2, 0) is 17.8 Å². The first kappa shape index (κ1) is 23.5. The maximum absolute atomic E-state index is 15.0. The standard InChI is InChI=1S/C26H21BrF2N6O2/c27-17-2-1-14-4-6-34(20(14)8-17)23(36)13-35-21-10-18(28)9-19(29)24(21)25(32-35)16-11-33(12-16)26(37)15-3-5-31-22(30)7-15/h1-3,5,7-10,16H,4,6,11-13H2,(H2,30,31). The van der Waals surface area contributed by atoms with Crippen LogP contribution in [-0.4, -0.2) is 51.1 Å². The van der Waals surface area contributed by atoms with Crippen molar-refractivity contribution in [3.8, 4) is 0 Å². The summed E-state index contributed by atoms with van der Waals surface area (Å²) in [7, 11) is 0. The van der Waals surface area contributed by atoms with Crippen molar-refractivity contribution < 1.29 is 18.4 Å². The van der Waals surface area contributed by atoms with E-state index in [9.17, 15) is 18.4 Å². The maximum Gasteiger partial charge on any atom is 0.254 e. The molecule has 2 aromatic heterocycles. The molecular weight excluding hydrogens is 546 g/mol. The van der Waals surface area contributed by atoms with Crippen LogP contribution >= 0.6 is 15.9 Å². The summed E-state index contributed by atoms with van der Waals surface area (Å²) in [5.41, 5.74) is 8.60. The molecule has 0 saturated carbocycles. The molecule has 1 fully saturated rings. The molecule has 0 aliphatic carbocycles. The summed E-state index contributed by atoms with van der Waals surface area (Å²) in [4.78, 5) is 33.3. The van der Waals surface area contributed by atoms with Crippen molar-refractivity contribution in [2.45, 2.75) is 18.9 Å². The monoisotopic (exact) mass is 566 g/mol. The lowest BCUT2D eigenvalue weighted by Gasteiger charge is -2.38. The number of anilines is 2. The first-order valence-corrected chi connectivity index (χ1v) is 12.5. The molecule has 37 heavy (non-hydrogen) atoms. The topological polar surface area (TPSA) is 97.3 Å². The van der Waals surface area contributed by atoms with Gasteiger partial charge in [0.1, 0.15) is 24.0 Å². The Morgan fingerprint density at radius 1 is 1.11 bits per heavy atom. The fourth-order valence-electron chi connectivity index (χ4n) is 5.06. The minimum absolute atomic E-state index is 0.170. The molecule has 4 aromatic rings. The van der Waals surface area contributed by atoms with Crippen molar-refractivity contribution in [1.82, 2.24) is 19.7 Å². The van der Waals surface area contributed by atoms with Gasteiger partial charge < -0.3 is 15.5 Å². The number of rotatable bonds is 4. The highest BCUT2D eigenvalue weighted by Gasteiger charge is 2.37. The number of hydrogen-bond acceptors (Lipinski definition) is 5. The van der Waals surface area contributed by atoms with Crippen molar-refractivity contribution in [2.24, 2.45) is 0 Å². The molecule has 6 rings (SSSR count). The molecule has 4 heterocycles. The molecule has 2 aliphatic heterocycles. The quantitative estimate of drug-likeness (QED) is 0.404. The van der Waals surface area contributed by atoms with Gasteiger partial charge in [0.2, 0.25) is 5.91 Å². The lowest BCUT2D eigenvalue weighted by molar-refractivity contribution is -0.119. The van der Waals surface area contributed by atoms with Gasteiger partial charge in [-0.3, -0.25) is 14.3 Å². The van der Waals surface area contributed by atoms with Gasteiger partial charge in [0, 0.05) is 59.6 Å². The van der Waals surface area contributed by atoms with Gasteiger partial charge in [-0.05, 0) is 36.2 Å². The third kappa shape index (κ3) is 4.12. The van der Waals surface area contributed by atoms with Gasteiger partial charge >= 0.3 is 0 Å². The normalized spacial score (nSPS) is 15.2. The molecule has 2 amide bonds. The number of carbonyl (C=O) groups is 2. The first-order valence-electron chi connectivity index (χ1n) is 11.7. The zero-order valence-electron chi connectivity index (χ0n) is 19.5. The van der Waals surface area contributed by atoms with Crippen LogP contribution < -0.4 is 10.6 Å². The Kier molecular flexibility index (Phi) is 5.67. The summed E-state index contributed by atoms with van der Waals surface area (Å²) in [6.45, 7) is 0.979. The SMILES string of the molecule is Nc1cc(C(=O)N2CC(c3nn(CC(=O)N4CCc5ccc(Br)cc54)c4cc(F)cc(F)c34)C2)ccn1. The second-order valence-electron chi connectivity index (χ2n) is 9.27. The van der Waals surface area contributed by atoms with Gasteiger partial charge in [0.05, 0.1) is 16.6 Å². The molecule has 1 saturated heterocycles. The minimum Gasteiger partial charge on any atom is -0.384 e. The number of fused-ring (bicyclic) bond motifs is 2. The molecular formula is C26H21BrF2N6O2. The average Bonchev–Trinajstić information content (AvgIpc) is 3.39. The number of hydrogen-bond donors (Lipinski definition) is 1. The molecule has 0 unspecified atom stereocenters. The zero-order chi connectivity index (χ0) is 25.8. The number of nitrogen functional groups attached to an aromatic ring is 1. The van der Waals surface area contributed by atoms with Crippen LogP contribution in [0.1, 0.15) is 27.5 Å². The molecule has 0 bridgehead atoms. The summed E-state index contributed by atoms with van der Waals surface area (Å²) < 4.78 is 31.4. The summed E-state index contributed by atoms with van der Waals surface area (Å²) in [6, 6.07) is 10.9. The molecule has 11 heteroatoms. The Morgan fingerprint density at radius 3 is 2.70 bits per heavy atom. The van der Waals surface area contributed by atoms with E-state index in [2.05, 4.69) is 26.0 Å². The predicted octanol–water partition coefficient (Wildman–Crippen LogP) is 3.88. The second-order valence-corrected chi connectivity index (χ2v) is 10.2. The number of nitrogens with two attached hydrogens (primary N) is 1. The van der Waals surface area contributed by atoms with Crippen LogP contribution in [0.25, 0.3) is 10.9 Å². The summed E-state index contributed by atoms with van der Waals surface area (Å²) in [6.07, 6.45) is 2.20. The lowest BCUT2D eigenvalue weighted by atomic mass is 9.93. The average molecular weight is 567 g/mol. The molecule has 2 N–H and O–H groups in total. The highest BCUT2D eigenvalue weighted by molar-refractivity contribution is 9.10. The number of halogens is 3. The van der Waals surface area contributed by atoms with Crippen LogP contribution in [0.2, 0.25) is 0 Å². The van der Waals surface area contributed by atoms with Crippen molar-refractivity contribution in [3.63, 3.8) is 0 Å². The fourth-order valence-corrected chi connectivity index (χ4v) is 5.41. The fraction of sp³-hybridized carbons (Fsp3) is 0.231. The zero-order valence-corrected chi connectivity index (χ0v) is 21.1. The number of pyridine rings is 1. The van der Waals surface area contributed by atoms with E-state index in [0.717, 1.165) is 28.2 Å². The van der Waals surface area contributed by atoms with Crippen molar-refractivity contribution in [3.05, 3.63) is 81.6 Å². The van der Waals surface area contributed by atoms with Crippen molar-refractivity contribution >= 4 is 50.2 Å². The Labute approximate surface area is 218 Å². The van der Waals surface area contributed by atoms with Gasteiger partial charge in [-0.2, -0.15) is 5.10 Å². The van der Waals surface area contributed by atoms with E-state index in [0.29, 0.717) is 30.9 Å². The minimum atomic E-state index is -0.749. The third-order valence-corrected chi connectivity index (χ3v) is 7.40. The summed E-state index contributed by atoms with van der Waals surface area (Å²) in [5.74, 6) is -1.94. The maximum atomic E-state index is 15.0. The largest absolute Gasteiger partial charge is 0.384 e. The van der Waals surface area contributed by atoms with Gasteiger partial charge in [0.15, 0.2) is 0 Å².